The molecule has 1 aliphatic heterocycles. The third-order valence-corrected chi connectivity index (χ3v) is 4.62. The predicted molar refractivity (Wildman–Crippen MR) is 80.7 cm³/mol. The summed E-state index contributed by atoms with van der Waals surface area (Å²) in [6.45, 7) is 3.90. The van der Waals surface area contributed by atoms with Crippen LogP contribution >= 0.6 is 0 Å². The van der Waals surface area contributed by atoms with Crippen LogP contribution in [-0.4, -0.2) is 36.0 Å². The molecule has 0 radical (unpaired) electrons. The van der Waals surface area contributed by atoms with Gasteiger partial charge >= 0.3 is 0 Å². The van der Waals surface area contributed by atoms with E-state index in [1.807, 2.05) is 11.8 Å². The zero-order valence-electron chi connectivity index (χ0n) is 12.3. The maximum atomic E-state index is 12.3. The fourth-order valence-corrected chi connectivity index (χ4v) is 3.48. The number of benzene rings is 1. The zero-order chi connectivity index (χ0) is 13.9. The number of nitrogens with zero attached hydrogens (tertiary/aromatic N) is 1. The highest BCUT2D eigenvalue weighted by Gasteiger charge is 2.26. The molecule has 1 heterocycles. The van der Waals surface area contributed by atoms with Crippen molar-refractivity contribution < 1.29 is 4.79 Å². The average Bonchev–Trinajstić information content (AvgIpc) is 3.00. The van der Waals surface area contributed by atoms with Crippen LogP contribution in [0.25, 0.3) is 0 Å². The quantitative estimate of drug-likeness (QED) is 0.914. The number of amides is 1. The van der Waals surface area contributed by atoms with Crippen LogP contribution in [0.1, 0.15) is 37.3 Å². The Morgan fingerprint density at radius 1 is 1.25 bits per heavy atom. The van der Waals surface area contributed by atoms with Gasteiger partial charge in [-0.25, -0.2) is 0 Å². The maximum absolute atomic E-state index is 12.3. The molecule has 1 N–H and O–H groups in total. The van der Waals surface area contributed by atoms with Crippen LogP contribution in [0.2, 0.25) is 0 Å². The fraction of sp³-hybridized carbons (Fsp3) is 0.588. The molecule has 1 saturated heterocycles. The standard InChI is InChI=1S/C17H24N2O/c1-13(17(20)19-10-4-5-11-19)18-16-9-8-14-6-2-3-7-15(14)12-16/h2-3,6-7,13,16,18H,4-5,8-12H2,1H3. The normalized spacial score (nSPS) is 23.4. The van der Waals surface area contributed by atoms with Gasteiger partial charge in [-0.15, -0.1) is 0 Å². The molecule has 0 bridgehead atoms. The minimum atomic E-state index is -0.0524. The molecule has 3 heteroatoms. The van der Waals surface area contributed by atoms with E-state index in [1.165, 1.54) is 11.1 Å². The highest BCUT2D eigenvalue weighted by molar-refractivity contribution is 5.81. The van der Waals surface area contributed by atoms with E-state index in [4.69, 9.17) is 0 Å². The minimum Gasteiger partial charge on any atom is -0.341 e. The molecule has 108 valence electrons. The lowest BCUT2D eigenvalue weighted by molar-refractivity contribution is -0.132. The van der Waals surface area contributed by atoms with Gasteiger partial charge < -0.3 is 10.2 Å². The van der Waals surface area contributed by atoms with Crippen LogP contribution in [0.4, 0.5) is 0 Å². The van der Waals surface area contributed by atoms with E-state index in [1.54, 1.807) is 0 Å². The van der Waals surface area contributed by atoms with Crippen LogP contribution < -0.4 is 5.32 Å². The Kier molecular flexibility index (Phi) is 4.06. The largest absolute Gasteiger partial charge is 0.341 e. The smallest absolute Gasteiger partial charge is 0.239 e. The van der Waals surface area contributed by atoms with Gasteiger partial charge in [0.25, 0.3) is 0 Å². The first-order valence-corrected chi connectivity index (χ1v) is 7.85. The number of rotatable bonds is 3. The van der Waals surface area contributed by atoms with Gasteiger partial charge in [0, 0.05) is 19.1 Å². The van der Waals surface area contributed by atoms with E-state index >= 15 is 0 Å². The molecule has 1 aromatic carbocycles. The van der Waals surface area contributed by atoms with Crippen LogP contribution in [0.3, 0.4) is 0 Å². The Hall–Kier alpha value is -1.35. The third kappa shape index (κ3) is 2.88. The summed E-state index contributed by atoms with van der Waals surface area (Å²) >= 11 is 0. The molecule has 2 aliphatic rings. The monoisotopic (exact) mass is 272 g/mol. The van der Waals surface area contributed by atoms with Crippen molar-refractivity contribution >= 4 is 5.91 Å². The Morgan fingerprint density at radius 2 is 1.95 bits per heavy atom. The summed E-state index contributed by atoms with van der Waals surface area (Å²) in [5, 5.41) is 3.55. The summed E-state index contributed by atoms with van der Waals surface area (Å²) in [7, 11) is 0. The van der Waals surface area contributed by atoms with Gasteiger partial charge in [-0.1, -0.05) is 24.3 Å². The topological polar surface area (TPSA) is 32.3 Å². The number of carbonyl (C=O) groups is 1. The van der Waals surface area contributed by atoms with Crippen molar-refractivity contribution in [1.29, 1.82) is 0 Å². The number of nitrogens with one attached hydrogen (secondary N) is 1. The first kappa shape index (κ1) is 13.6. The molecule has 2 atom stereocenters. The molecule has 2 unspecified atom stereocenters. The number of carbonyl (C=O) groups excluding carboxylic acids is 1. The summed E-state index contributed by atoms with van der Waals surface area (Å²) in [5.41, 5.74) is 2.92. The first-order chi connectivity index (χ1) is 9.74. The lowest BCUT2D eigenvalue weighted by atomic mass is 9.88. The molecular weight excluding hydrogens is 248 g/mol. The van der Waals surface area contributed by atoms with E-state index in [9.17, 15) is 4.79 Å². The van der Waals surface area contributed by atoms with Crippen molar-refractivity contribution in [2.75, 3.05) is 13.1 Å². The van der Waals surface area contributed by atoms with E-state index in [0.29, 0.717) is 6.04 Å². The second kappa shape index (κ2) is 5.96. The molecular formula is C17H24N2O. The summed E-state index contributed by atoms with van der Waals surface area (Å²) in [6, 6.07) is 9.06. The van der Waals surface area contributed by atoms with E-state index < -0.39 is 0 Å². The average molecular weight is 272 g/mol. The number of fused-ring (bicyclic) bond motifs is 1. The summed E-state index contributed by atoms with van der Waals surface area (Å²) in [5.74, 6) is 0.279. The van der Waals surface area contributed by atoms with Crippen LogP contribution in [0.15, 0.2) is 24.3 Å². The van der Waals surface area contributed by atoms with Crippen molar-refractivity contribution in [2.45, 2.75) is 51.1 Å². The predicted octanol–water partition coefficient (Wildman–Crippen LogP) is 2.14. The summed E-state index contributed by atoms with van der Waals surface area (Å²) in [6.07, 6.45) is 5.63. The SMILES string of the molecule is CC(NC1CCc2ccccc2C1)C(=O)N1CCCC1. The Labute approximate surface area is 121 Å². The maximum Gasteiger partial charge on any atom is 0.239 e. The Balaban J connectivity index is 1.57. The van der Waals surface area contributed by atoms with Gasteiger partial charge in [0.05, 0.1) is 6.04 Å². The van der Waals surface area contributed by atoms with Gasteiger partial charge in [-0.2, -0.15) is 0 Å². The number of likely N-dealkylation sites (tertiary alicyclic amines) is 1. The van der Waals surface area contributed by atoms with Crippen LogP contribution in [-0.2, 0) is 17.6 Å². The minimum absolute atomic E-state index is 0.0524. The molecule has 1 amide bonds. The Morgan fingerprint density at radius 3 is 2.70 bits per heavy atom. The second-order valence-corrected chi connectivity index (χ2v) is 6.13. The fourth-order valence-electron chi connectivity index (χ4n) is 3.48. The molecule has 3 nitrogen and oxygen atoms in total. The molecule has 1 aromatic rings. The second-order valence-electron chi connectivity index (χ2n) is 6.13. The first-order valence-electron chi connectivity index (χ1n) is 7.85. The molecule has 1 fully saturated rings. The summed E-state index contributed by atoms with van der Waals surface area (Å²) < 4.78 is 0. The number of aryl methyl sites for hydroxylation is 1. The van der Waals surface area contributed by atoms with Gasteiger partial charge in [0.1, 0.15) is 0 Å². The number of hydrogen-bond acceptors (Lipinski definition) is 2. The molecule has 0 saturated carbocycles. The molecule has 0 aromatic heterocycles. The van der Waals surface area contributed by atoms with Gasteiger partial charge in [0.2, 0.25) is 5.91 Å². The Bertz CT molecular complexity index is 480. The lowest BCUT2D eigenvalue weighted by Crippen LogP contribution is -2.49. The van der Waals surface area contributed by atoms with E-state index in [0.717, 1.165) is 45.2 Å². The summed E-state index contributed by atoms with van der Waals surface area (Å²) in [4.78, 5) is 14.3. The highest BCUT2D eigenvalue weighted by atomic mass is 16.2. The highest BCUT2D eigenvalue weighted by Crippen LogP contribution is 2.21. The molecule has 20 heavy (non-hydrogen) atoms. The van der Waals surface area contributed by atoms with Crippen LogP contribution in [0.5, 0.6) is 0 Å². The van der Waals surface area contributed by atoms with E-state index in [2.05, 4.69) is 29.6 Å². The third-order valence-electron chi connectivity index (χ3n) is 4.62. The van der Waals surface area contributed by atoms with Crippen molar-refractivity contribution in [2.24, 2.45) is 0 Å². The number of hydrogen-bond donors (Lipinski definition) is 1. The van der Waals surface area contributed by atoms with Crippen LogP contribution in [0, 0.1) is 0 Å². The van der Waals surface area contributed by atoms with Gasteiger partial charge in [0.15, 0.2) is 0 Å². The van der Waals surface area contributed by atoms with Crippen molar-refractivity contribution in [1.82, 2.24) is 10.2 Å². The molecule has 0 spiro atoms. The van der Waals surface area contributed by atoms with Gasteiger partial charge in [-0.3, -0.25) is 4.79 Å². The van der Waals surface area contributed by atoms with Gasteiger partial charge in [-0.05, 0) is 50.2 Å². The lowest BCUT2D eigenvalue weighted by Gasteiger charge is -2.29. The zero-order valence-corrected chi connectivity index (χ0v) is 12.3. The van der Waals surface area contributed by atoms with Crippen molar-refractivity contribution in [3.8, 4) is 0 Å². The molecule has 3 rings (SSSR count). The van der Waals surface area contributed by atoms with Crippen molar-refractivity contribution in [3.63, 3.8) is 0 Å². The van der Waals surface area contributed by atoms with E-state index in [-0.39, 0.29) is 11.9 Å². The van der Waals surface area contributed by atoms with Crippen molar-refractivity contribution in [3.05, 3.63) is 35.4 Å². The molecule has 1 aliphatic carbocycles.